The van der Waals surface area contributed by atoms with Crippen molar-refractivity contribution in [2.45, 2.75) is 25.1 Å². The Balaban J connectivity index is 3.16. The summed E-state index contributed by atoms with van der Waals surface area (Å²) >= 11 is 0. The number of alkyl halides is 3. The van der Waals surface area contributed by atoms with Crippen LogP contribution < -0.4 is 11.1 Å². The van der Waals surface area contributed by atoms with E-state index in [4.69, 9.17) is 5.73 Å². The second-order valence-electron chi connectivity index (χ2n) is 4.10. The van der Waals surface area contributed by atoms with Gasteiger partial charge in [0.25, 0.3) is 0 Å². The Labute approximate surface area is 107 Å². The first-order chi connectivity index (χ1) is 8.71. The van der Waals surface area contributed by atoms with E-state index in [1.165, 1.54) is 19.1 Å². The highest BCUT2D eigenvalue weighted by Crippen LogP contribution is 2.27. The first-order valence-corrected chi connectivity index (χ1v) is 5.59. The SMILES string of the molecule is CCC(NCC(F)(F)F)(C(N)=O)c1cccc(F)c1. The predicted molar refractivity (Wildman–Crippen MR) is 61.6 cm³/mol. The molecule has 1 aromatic carbocycles. The summed E-state index contributed by atoms with van der Waals surface area (Å²) in [6.45, 7) is 0.110. The summed E-state index contributed by atoms with van der Waals surface area (Å²) in [6, 6.07) is 4.81. The molecule has 1 rings (SSSR count). The number of halogens is 4. The zero-order valence-corrected chi connectivity index (χ0v) is 10.2. The van der Waals surface area contributed by atoms with E-state index in [-0.39, 0.29) is 12.0 Å². The van der Waals surface area contributed by atoms with Gasteiger partial charge in [-0.05, 0) is 24.1 Å². The summed E-state index contributed by atoms with van der Waals surface area (Å²) in [6.07, 6.45) is -4.52. The Morgan fingerprint density at radius 1 is 1.37 bits per heavy atom. The van der Waals surface area contributed by atoms with E-state index in [0.29, 0.717) is 0 Å². The van der Waals surface area contributed by atoms with E-state index in [1.807, 2.05) is 0 Å². The Hall–Kier alpha value is -1.63. The molecule has 0 aliphatic heterocycles. The van der Waals surface area contributed by atoms with Gasteiger partial charge >= 0.3 is 6.18 Å². The Bertz CT molecular complexity index is 461. The molecule has 0 fully saturated rings. The average Bonchev–Trinajstić information content (AvgIpc) is 2.28. The van der Waals surface area contributed by atoms with Crippen LogP contribution >= 0.6 is 0 Å². The van der Waals surface area contributed by atoms with Crippen LogP contribution in [0, 0.1) is 5.82 Å². The highest BCUT2D eigenvalue weighted by atomic mass is 19.4. The number of carbonyl (C=O) groups is 1. The van der Waals surface area contributed by atoms with Crippen molar-refractivity contribution in [1.29, 1.82) is 0 Å². The van der Waals surface area contributed by atoms with Crippen molar-refractivity contribution in [2.75, 3.05) is 6.54 Å². The fraction of sp³-hybridized carbons (Fsp3) is 0.417. The van der Waals surface area contributed by atoms with Crippen LogP contribution in [0.1, 0.15) is 18.9 Å². The second-order valence-corrected chi connectivity index (χ2v) is 4.10. The van der Waals surface area contributed by atoms with Gasteiger partial charge in [0.15, 0.2) is 0 Å². The molecule has 0 radical (unpaired) electrons. The fourth-order valence-corrected chi connectivity index (χ4v) is 1.84. The van der Waals surface area contributed by atoms with Crippen LogP contribution in [0.2, 0.25) is 0 Å². The molecule has 1 atom stereocenters. The number of benzene rings is 1. The molecule has 0 aromatic heterocycles. The van der Waals surface area contributed by atoms with E-state index in [2.05, 4.69) is 5.32 Å². The highest BCUT2D eigenvalue weighted by molar-refractivity contribution is 5.86. The molecule has 0 spiro atoms. The van der Waals surface area contributed by atoms with Crippen molar-refractivity contribution in [3.05, 3.63) is 35.6 Å². The smallest absolute Gasteiger partial charge is 0.368 e. The molecular formula is C12H14F4N2O. The molecule has 3 nitrogen and oxygen atoms in total. The van der Waals surface area contributed by atoms with E-state index in [9.17, 15) is 22.4 Å². The summed E-state index contributed by atoms with van der Waals surface area (Å²) in [5.41, 5.74) is 3.54. The molecule has 0 heterocycles. The van der Waals surface area contributed by atoms with Crippen LogP contribution in [-0.4, -0.2) is 18.6 Å². The molecule has 0 aliphatic carbocycles. The van der Waals surface area contributed by atoms with Crippen molar-refractivity contribution in [2.24, 2.45) is 5.73 Å². The van der Waals surface area contributed by atoms with Gasteiger partial charge in [0.05, 0.1) is 6.54 Å². The maximum absolute atomic E-state index is 13.2. The molecule has 0 saturated carbocycles. The van der Waals surface area contributed by atoms with Gasteiger partial charge in [-0.25, -0.2) is 4.39 Å². The maximum Gasteiger partial charge on any atom is 0.401 e. The van der Waals surface area contributed by atoms with Gasteiger partial charge in [-0.2, -0.15) is 13.2 Å². The van der Waals surface area contributed by atoms with Gasteiger partial charge in [0.1, 0.15) is 11.4 Å². The standard InChI is InChI=1S/C12H14F4N2O/c1-2-11(10(17)19,18-7-12(14,15)16)8-4-3-5-9(13)6-8/h3-6,18H,2,7H2,1H3,(H2,17,19). The molecule has 0 bridgehead atoms. The van der Waals surface area contributed by atoms with Gasteiger partial charge in [0, 0.05) is 0 Å². The number of hydrogen-bond acceptors (Lipinski definition) is 2. The lowest BCUT2D eigenvalue weighted by Crippen LogP contribution is -2.54. The van der Waals surface area contributed by atoms with Crippen molar-refractivity contribution in [1.82, 2.24) is 5.32 Å². The molecule has 7 heteroatoms. The zero-order chi connectivity index (χ0) is 14.7. The van der Waals surface area contributed by atoms with Gasteiger partial charge in [-0.15, -0.1) is 0 Å². The van der Waals surface area contributed by atoms with Crippen LogP contribution in [0.3, 0.4) is 0 Å². The lowest BCUT2D eigenvalue weighted by atomic mass is 9.86. The Kier molecular flexibility index (Phi) is 4.52. The molecule has 1 amide bonds. The molecule has 19 heavy (non-hydrogen) atoms. The van der Waals surface area contributed by atoms with Crippen LogP contribution in [0.15, 0.2) is 24.3 Å². The first kappa shape index (κ1) is 15.4. The van der Waals surface area contributed by atoms with E-state index >= 15 is 0 Å². The monoisotopic (exact) mass is 278 g/mol. The number of amides is 1. The number of carbonyl (C=O) groups excluding carboxylic acids is 1. The number of hydrogen-bond donors (Lipinski definition) is 2. The minimum absolute atomic E-state index is 0.0259. The number of rotatable bonds is 5. The third-order valence-corrected chi connectivity index (χ3v) is 2.86. The fourth-order valence-electron chi connectivity index (χ4n) is 1.84. The molecule has 3 N–H and O–H groups in total. The van der Waals surface area contributed by atoms with Gasteiger partial charge in [-0.1, -0.05) is 19.1 Å². The van der Waals surface area contributed by atoms with Crippen LogP contribution in [-0.2, 0) is 10.3 Å². The zero-order valence-electron chi connectivity index (χ0n) is 10.2. The maximum atomic E-state index is 13.2. The van der Waals surface area contributed by atoms with E-state index in [1.54, 1.807) is 0 Å². The van der Waals surface area contributed by atoms with Crippen molar-refractivity contribution in [3.8, 4) is 0 Å². The number of nitrogens with one attached hydrogen (secondary N) is 1. The van der Waals surface area contributed by atoms with Gasteiger partial charge in [-0.3, -0.25) is 10.1 Å². The molecule has 1 aromatic rings. The van der Waals surface area contributed by atoms with E-state index < -0.39 is 30.0 Å². The summed E-state index contributed by atoms with van der Waals surface area (Å²) in [5.74, 6) is -1.63. The number of primary amides is 1. The summed E-state index contributed by atoms with van der Waals surface area (Å²) in [5, 5.41) is 2.10. The van der Waals surface area contributed by atoms with Crippen molar-refractivity contribution in [3.63, 3.8) is 0 Å². The third-order valence-electron chi connectivity index (χ3n) is 2.86. The van der Waals surface area contributed by atoms with Crippen LogP contribution in [0.5, 0.6) is 0 Å². The normalized spacial score (nSPS) is 15.0. The third kappa shape index (κ3) is 3.66. The quantitative estimate of drug-likeness (QED) is 0.810. The molecule has 0 saturated heterocycles. The predicted octanol–water partition coefficient (Wildman–Crippen LogP) is 2.07. The van der Waals surface area contributed by atoms with Crippen molar-refractivity contribution >= 4 is 5.91 Å². The lowest BCUT2D eigenvalue weighted by molar-refractivity contribution is -0.136. The topological polar surface area (TPSA) is 55.1 Å². The van der Waals surface area contributed by atoms with Crippen LogP contribution in [0.4, 0.5) is 17.6 Å². The van der Waals surface area contributed by atoms with Crippen molar-refractivity contribution < 1.29 is 22.4 Å². The van der Waals surface area contributed by atoms with E-state index in [0.717, 1.165) is 12.1 Å². The Morgan fingerprint density at radius 2 is 2.00 bits per heavy atom. The highest BCUT2D eigenvalue weighted by Gasteiger charge is 2.40. The van der Waals surface area contributed by atoms with Gasteiger partial charge < -0.3 is 5.73 Å². The minimum Gasteiger partial charge on any atom is -0.368 e. The molecule has 0 aliphatic rings. The summed E-state index contributed by atoms with van der Waals surface area (Å²) in [7, 11) is 0. The minimum atomic E-state index is -4.50. The van der Waals surface area contributed by atoms with Gasteiger partial charge in [0.2, 0.25) is 5.91 Å². The first-order valence-electron chi connectivity index (χ1n) is 5.59. The Morgan fingerprint density at radius 3 is 2.42 bits per heavy atom. The average molecular weight is 278 g/mol. The largest absolute Gasteiger partial charge is 0.401 e. The summed E-state index contributed by atoms with van der Waals surface area (Å²) in [4.78, 5) is 11.6. The molecule has 1 unspecified atom stereocenters. The molecular weight excluding hydrogens is 264 g/mol. The van der Waals surface area contributed by atoms with Crippen LogP contribution in [0.25, 0.3) is 0 Å². The lowest BCUT2D eigenvalue weighted by Gasteiger charge is -2.31. The number of nitrogens with two attached hydrogens (primary N) is 1. The summed E-state index contributed by atoms with van der Waals surface area (Å²) < 4.78 is 50.0. The molecule has 106 valence electrons. The second kappa shape index (κ2) is 5.56.